The highest BCUT2D eigenvalue weighted by Crippen LogP contribution is 2.12. The fraction of sp³-hybridized carbons (Fsp3) is 0.632. The van der Waals surface area contributed by atoms with Gasteiger partial charge in [-0.05, 0) is 23.6 Å². The molecule has 1 fully saturated rings. The van der Waals surface area contributed by atoms with Gasteiger partial charge in [-0.15, -0.1) is 0 Å². The Labute approximate surface area is 163 Å². The van der Waals surface area contributed by atoms with Gasteiger partial charge >= 0.3 is 0 Å². The quantitative estimate of drug-likeness (QED) is 0.531. The molecule has 0 amide bonds. The van der Waals surface area contributed by atoms with Crippen molar-refractivity contribution in [2.45, 2.75) is 31.3 Å². The Morgan fingerprint density at radius 2 is 1.81 bits per heavy atom. The second kappa shape index (κ2) is 10.1. The van der Waals surface area contributed by atoms with Gasteiger partial charge in [0.1, 0.15) is 0 Å². The normalized spacial score (nSPS) is 17.7. The molecule has 1 atom stereocenters. The summed E-state index contributed by atoms with van der Waals surface area (Å²) in [6.07, 6.45) is 1.21. The van der Waals surface area contributed by atoms with Gasteiger partial charge in [-0.3, -0.25) is 9.89 Å². The van der Waals surface area contributed by atoms with Crippen LogP contribution >= 0.6 is 0 Å². The summed E-state index contributed by atoms with van der Waals surface area (Å²) in [5, 5.41) is 6.70. The lowest BCUT2D eigenvalue weighted by Gasteiger charge is -2.37. The van der Waals surface area contributed by atoms with Crippen LogP contribution < -0.4 is 10.6 Å². The zero-order chi connectivity index (χ0) is 19.9. The number of guanidine groups is 1. The number of benzene rings is 1. The zero-order valence-electron chi connectivity index (χ0n) is 16.7. The van der Waals surface area contributed by atoms with E-state index in [9.17, 15) is 8.42 Å². The SMILES string of the molecule is CN=C(NCc1ccc(S(C)(=O)=O)cc1)NCC(C(C)C)N1CCOCC1. The van der Waals surface area contributed by atoms with Crippen LogP contribution in [0.3, 0.4) is 0 Å². The number of nitrogens with zero attached hydrogens (tertiary/aromatic N) is 2. The first-order valence-corrected chi connectivity index (χ1v) is 11.3. The van der Waals surface area contributed by atoms with Crippen molar-refractivity contribution >= 4 is 15.8 Å². The lowest BCUT2D eigenvalue weighted by Crippen LogP contribution is -2.52. The standard InChI is InChI=1S/C19H32N4O3S/c1-15(2)18(23-9-11-26-12-10-23)14-22-19(20-3)21-13-16-5-7-17(8-6-16)27(4,24)25/h5-8,15,18H,9-14H2,1-4H3,(H2,20,21,22). The molecule has 1 saturated heterocycles. The summed E-state index contributed by atoms with van der Waals surface area (Å²) >= 11 is 0. The summed E-state index contributed by atoms with van der Waals surface area (Å²) in [7, 11) is -1.41. The summed E-state index contributed by atoms with van der Waals surface area (Å²) in [4.78, 5) is 7.09. The third kappa shape index (κ3) is 6.79. The molecule has 1 unspecified atom stereocenters. The van der Waals surface area contributed by atoms with Crippen LogP contribution in [-0.2, 0) is 21.1 Å². The van der Waals surface area contributed by atoms with Crippen molar-refractivity contribution < 1.29 is 13.2 Å². The fourth-order valence-electron chi connectivity index (χ4n) is 3.16. The molecular weight excluding hydrogens is 364 g/mol. The first-order valence-electron chi connectivity index (χ1n) is 9.36. The van der Waals surface area contributed by atoms with Crippen LogP contribution in [-0.4, -0.2) is 71.5 Å². The molecule has 1 heterocycles. The first-order chi connectivity index (χ1) is 12.8. The van der Waals surface area contributed by atoms with Crippen molar-refractivity contribution in [1.82, 2.24) is 15.5 Å². The van der Waals surface area contributed by atoms with Crippen LogP contribution in [0.4, 0.5) is 0 Å². The van der Waals surface area contributed by atoms with Gasteiger partial charge in [-0.25, -0.2) is 8.42 Å². The molecule has 152 valence electrons. The van der Waals surface area contributed by atoms with Crippen molar-refractivity contribution in [3.8, 4) is 0 Å². The van der Waals surface area contributed by atoms with E-state index in [0.29, 0.717) is 23.4 Å². The molecule has 0 radical (unpaired) electrons. The minimum Gasteiger partial charge on any atom is -0.379 e. The third-order valence-corrected chi connectivity index (χ3v) is 5.93. The lowest BCUT2D eigenvalue weighted by molar-refractivity contribution is 0.00752. The number of nitrogens with one attached hydrogen (secondary N) is 2. The molecule has 0 aromatic heterocycles. The molecule has 1 aromatic rings. The number of rotatable bonds is 7. The van der Waals surface area contributed by atoms with E-state index in [4.69, 9.17) is 4.74 Å². The maximum Gasteiger partial charge on any atom is 0.191 e. The number of hydrogen-bond acceptors (Lipinski definition) is 5. The Morgan fingerprint density at radius 3 is 2.33 bits per heavy atom. The topological polar surface area (TPSA) is 83.0 Å². The van der Waals surface area contributed by atoms with Crippen molar-refractivity contribution in [1.29, 1.82) is 0 Å². The molecule has 2 rings (SSSR count). The molecule has 8 heteroatoms. The van der Waals surface area contributed by atoms with Gasteiger partial charge in [-0.2, -0.15) is 0 Å². The van der Waals surface area contributed by atoms with Crippen LogP contribution in [0.2, 0.25) is 0 Å². The molecule has 0 aliphatic carbocycles. The predicted octanol–water partition coefficient (Wildman–Crippen LogP) is 1.11. The van der Waals surface area contributed by atoms with Gasteiger partial charge in [-0.1, -0.05) is 26.0 Å². The first kappa shape index (κ1) is 21.7. The molecule has 7 nitrogen and oxygen atoms in total. The predicted molar refractivity (Wildman–Crippen MR) is 109 cm³/mol. The molecular formula is C19H32N4O3S. The average molecular weight is 397 g/mol. The van der Waals surface area contributed by atoms with Crippen LogP contribution in [0.5, 0.6) is 0 Å². The van der Waals surface area contributed by atoms with Crippen LogP contribution in [0, 0.1) is 5.92 Å². The third-order valence-electron chi connectivity index (χ3n) is 4.80. The maximum atomic E-state index is 11.5. The molecule has 1 aliphatic heterocycles. The van der Waals surface area contributed by atoms with Gasteiger partial charge in [0.25, 0.3) is 0 Å². The monoisotopic (exact) mass is 396 g/mol. The van der Waals surface area contributed by atoms with E-state index < -0.39 is 9.84 Å². The molecule has 2 N–H and O–H groups in total. The van der Waals surface area contributed by atoms with Gasteiger partial charge in [0.15, 0.2) is 15.8 Å². The van der Waals surface area contributed by atoms with Crippen molar-refractivity contribution in [3.05, 3.63) is 29.8 Å². The second-order valence-electron chi connectivity index (χ2n) is 7.18. The van der Waals surface area contributed by atoms with Gasteiger partial charge in [0, 0.05) is 45.5 Å². The fourth-order valence-corrected chi connectivity index (χ4v) is 3.79. The van der Waals surface area contributed by atoms with Crippen LogP contribution in [0.25, 0.3) is 0 Å². The molecule has 0 bridgehead atoms. The number of sulfone groups is 1. The highest BCUT2D eigenvalue weighted by molar-refractivity contribution is 7.90. The molecule has 27 heavy (non-hydrogen) atoms. The Bertz CT molecular complexity index is 711. The molecule has 1 aromatic carbocycles. The Morgan fingerprint density at radius 1 is 1.19 bits per heavy atom. The molecule has 0 spiro atoms. The largest absolute Gasteiger partial charge is 0.379 e. The number of ether oxygens (including phenoxy) is 1. The summed E-state index contributed by atoms with van der Waals surface area (Å²) in [5.41, 5.74) is 0.999. The van der Waals surface area contributed by atoms with Crippen LogP contribution in [0.15, 0.2) is 34.2 Å². The molecule has 0 saturated carbocycles. The highest BCUT2D eigenvalue weighted by atomic mass is 32.2. The minimum absolute atomic E-state index is 0.332. The van der Waals surface area contributed by atoms with E-state index in [1.807, 2.05) is 12.1 Å². The summed E-state index contributed by atoms with van der Waals surface area (Å²) in [5.74, 6) is 1.26. The number of morpholine rings is 1. The van der Waals surface area contributed by atoms with E-state index in [0.717, 1.165) is 44.4 Å². The van der Waals surface area contributed by atoms with Crippen molar-refractivity contribution in [2.24, 2.45) is 10.9 Å². The molecule has 1 aliphatic rings. The Balaban J connectivity index is 1.87. The maximum absolute atomic E-state index is 11.5. The van der Waals surface area contributed by atoms with Crippen LogP contribution in [0.1, 0.15) is 19.4 Å². The van der Waals surface area contributed by atoms with Crippen molar-refractivity contribution in [3.63, 3.8) is 0 Å². The zero-order valence-corrected chi connectivity index (χ0v) is 17.6. The summed E-state index contributed by atoms with van der Waals surface area (Å²) in [6.45, 7) is 9.37. The lowest BCUT2D eigenvalue weighted by atomic mass is 10.0. The minimum atomic E-state index is -3.16. The van der Waals surface area contributed by atoms with Gasteiger partial charge in [0.2, 0.25) is 0 Å². The summed E-state index contributed by atoms with van der Waals surface area (Å²) in [6, 6.07) is 7.33. The highest BCUT2D eigenvalue weighted by Gasteiger charge is 2.23. The van der Waals surface area contributed by atoms with E-state index in [2.05, 4.69) is 34.4 Å². The van der Waals surface area contributed by atoms with E-state index in [1.54, 1.807) is 19.2 Å². The number of aliphatic imine (C=N–C) groups is 1. The van der Waals surface area contributed by atoms with E-state index >= 15 is 0 Å². The van der Waals surface area contributed by atoms with E-state index in [-0.39, 0.29) is 0 Å². The average Bonchev–Trinajstić information content (AvgIpc) is 2.64. The second-order valence-corrected chi connectivity index (χ2v) is 9.20. The van der Waals surface area contributed by atoms with E-state index in [1.165, 1.54) is 6.26 Å². The Kier molecular flexibility index (Phi) is 8.07. The van der Waals surface area contributed by atoms with Gasteiger partial charge in [0.05, 0.1) is 18.1 Å². The van der Waals surface area contributed by atoms with Crippen molar-refractivity contribution in [2.75, 3.05) is 46.2 Å². The number of hydrogen-bond donors (Lipinski definition) is 2. The Hall–Kier alpha value is -1.64. The summed E-state index contributed by atoms with van der Waals surface area (Å²) < 4.78 is 28.5. The van der Waals surface area contributed by atoms with Gasteiger partial charge < -0.3 is 15.4 Å². The smallest absolute Gasteiger partial charge is 0.191 e.